The predicted octanol–water partition coefficient (Wildman–Crippen LogP) is 4.47. The monoisotopic (exact) mass is 418 g/mol. The zero-order chi connectivity index (χ0) is 20.8. The number of aliphatic carboxylic acids is 1. The summed E-state index contributed by atoms with van der Waals surface area (Å²) in [5.41, 5.74) is 3.54. The van der Waals surface area contributed by atoms with Gasteiger partial charge < -0.3 is 10.0 Å². The molecule has 2 aliphatic rings. The van der Waals surface area contributed by atoms with Gasteiger partial charge in [-0.25, -0.2) is 0 Å². The fourth-order valence-corrected chi connectivity index (χ4v) is 5.72. The van der Waals surface area contributed by atoms with Crippen LogP contribution in [0.5, 0.6) is 0 Å². The van der Waals surface area contributed by atoms with E-state index >= 15 is 0 Å². The second kappa shape index (κ2) is 7.52. The molecule has 0 unspecified atom stereocenters. The number of rotatable bonds is 4. The zero-order valence-corrected chi connectivity index (χ0v) is 18.5. The van der Waals surface area contributed by atoms with Crippen LogP contribution in [0.4, 0.5) is 5.69 Å². The normalized spacial score (nSPS) is 22.9. The van der Waals surface area contributed by atoms with Crippen LogP contribution in [0.1, 0.15) is 58.1 Å². The molecule has 0 spiro atoms. The van der Waals surface area contributed by atoms with Crippen molar-refractivity contribution >= 4 is 51.9 Å². The lowest BCUT2D eigenvalue weighted by Gasteiger charge is -2.50. The van der Waals surface area contributed by atoms with Crippen molar-refractivity contribution in [2.75, 3.05) is 11.4 Å². The summed E-state index contributed by atoms with van der Waals surface area (Å²) in [4.78, 5) is 27.5. The lowest BCUT2D eigenvalue weighted by atomic mass is 9.79. The molecule has 0 radical (unpaired) electrons. The minimum Gasteiger partial charge on any atom is -0.480 e. The van der Waals surface area contributed by atoms with E-state index in [4.69, 9.17) is 17.3 Å². The van der Waals surface area contributed by atoms with Crippen molar-refractivity contribution < 1.29 is 14.7 Å². The van der Waals surface area contributed by atoms with Gasteiger partial charge in [-0.2, -0.15) is 0 Å². The van der Waals surface area contributed by atoms with Crippen molar-refractivity contribution in [3.05, 3.63) is 34.2 Å². The standard InChI is InChI=1S/C21H26N2O3S2/c1-12(2)23-16-7-6-14(8-15(16)13(3)10-21(23,4)5)9-17-19(26)22(11-18(24)25)20(27)28-17/h6-9,12-13H,10-11H2,1-5H3,(H,24,25)/b17-9+/t13-/m0/s1. The summed E-state index contributed by atoms with van der Waals surface area (Å²) in [6.45, 7) is 10.8. The third-order valence-corrected chi connectivity index (χ3v) is 6.66. The van der Waals surface area contributed by atoms with Crippen molar-refractivity contribution in [2.45, 2.75) is 58.5 Å². The molecule has 0 aromatic heterocycles. The SMILES string of the molecule is CC(C)N1c2ccc(/C=C3/SC(=S)N(CC(=O)O)C3=O)cc2[C@@H](C)CC1(C)C. The summed E-state index contributed by atoms with van der Waals surface area (Å²) in [5, 5.41) is 8.97. The van der Waals surface area contributed by atoms with Gasteiger partial charge in [0.2, 0.25) is 0 Å². The fourth-order valence-electron chi connectivity index (χ4n) is 4.46. The first-order chi connectivity index (χ1) is 13.0. The molecule has 1 aromatic carbocycles. The molecule has 3 rings (SSSR count). The van der Waals surface area contributed by atoms with E-state index in [1.54, 1.807) is 0 Å². The van der Waals surface area contributed by atoms with E-state index in [0.29, 0.717) is 16.9 Å². The number of thioether (sulfide) groups is 1. The lowest BCUT2D eigenvalue weighted by molar-refractivity contribution is -0.140. The number of carboxylic acid groups (broad SMARTS) is 1. The van der Waals surface area contributed by atoms with Gasteiger partial charge in [0, 0.05) is 17.3 Å². The maximum Gasteiger partial charge on any atom is 0.323 e. The van der Waals surface area contributed by atoms with Gasteiger partial charge in [-0.1, -0.05) is 37.0 Å². The van der Waals surface area contributed by atoms with Crippen LogP contribution in [0, 0.1) is 0 Å². The number of hydrogen-bond acceptors (Lipinski definition) is 5. The highest BCUT2D eigenvalue weighted by Gasteiger charge is 2.38. The van der Waals surface area contributed by atoms with Crippen molar-refractivity contribution in [3.8, 4) is 0 Å². The zero-order valence-electron chi connectivity index (χ0n) is 16.9. The van der Waals surface area contributed by atoms with Gasteiger partial charge in [-0.05, 0) is 69.4 Å². The Morgan fingerprint density at radius 2 is 2.11 bits per heavy atom. The van der Waals surface area contributed by atoms with Crippen molar-refractivity contribution in [3.63, 3.8) is 0 Å². The van der Waals surface area contributed by atoms with Crippen molar-refractivity contribution in [2.24, 2.45) is 0 Å². The van der Waals surface area contributed by atoms with E-state index in [1.807, 2.05) is 12.1 Å². The van der Waals surface area contributed by atoms with Gasteiger partial charge in [0.05, 0.1) is 4.91 Å². The molecule has 0 aliphatic carbocycles. The lowest BCUT2D eigenvalue weighted by Crippen LogP contribution is -2.51. The van der Waals surface area contributed by atoms with E-state index in [9.17, 15) is 9.59 Å². The van der Waals surface area contributed by atoms with Crippen LogP contribution in [-0.2, 0) is 9.59 Å². The Morgan fingerprint density at radius 1 is 1.43 bits per heavy atom. The van der Waals surface area contributed by atoms with Gasteiger partial charge in [-0.15, -0.1) is 0 Å². The molecule has 1 amide bonds. The molecule has 28 heavy (non-hydrogen) atoms. The molecular weight excluding hydrogens is 392 g/mol. The van der Waals surface area contributed by atoms with Gasteiger partial charge >= 0.3 is 5.97 Å². The van der Waals surface area contributed by atoms with Crippen LogP contribution in [0.25, 0.3) is 6.08 Å². The van der Waals surface area contributed by atoms with Crippen molar-refractivity contribution in [1.29, 1.82) is 0 Å². The average Bonchev–Trinajstić information content (AvgIpc) is 2.81. The molecule has 2 aliphatic heterocycles. The third-order valence-electron chi connectivity index (χ3n) is 5.28. The van der Waals surface area contributed by atoms with E-state index in [2.05, 4.69) is 51.7 Å². The number of thiocarbonyl (C=S) groups is 1. The van der Waals surface area contributed by atoms with Crippen LogP contribution in [-0.4, -0.2) is 44.3 Å². The first kappa shape index (κ1) is 20.9. The predicted molar refractivity (Wildman–Crippen MR) is 119 cm³/mol. The quantitative estimate of drug-likeness (QED) is 0.575. The number of amides is 1. The number of carbonyl (C=O) groups is 2. The summed E-state index contributed by atoms with van der Waals surface area (Å²) in [6, 6.07) is 6.69. The number of anilines is 1. The van der Waals surface area contributed by atoms with Crippen LogP contribution in [0.3, 0.4) is 0 Å². The third kappa shape index (κ3) is 3.82. The number of carbonyl (C=O) groups excluding carboxylic acids is 1. The number of hydrogen-bond donors (Lipinski definition) is 1. The van der Waals surface area contributed by atoms with Crippen LogP contribution in [0.2, 0.25) is 0 Å². The Morgan fingerprint density at radius 3 is 2.71 bits per heavy atom. The topological polar surface area (TPSA) is 60.9 Å². The molecule has 2 heterocycles. The highest BCUT2D eigenvalue weighted by Crippen LogP contribution is 2.45. The molecule has 1 aromatic rings. The summed E-state index contributed by atoms with van der Waals surface area (Å²) < 4.78 is 0.290. The molecular formula is C21H26N2O3S2. The van der Waals surface area contributed by atoms with Crippen LogP contribution >= 0.6 is 24.0 Å². The second-order valence-electron chi connectivity index (χ2n) is 8.36. The van der Waals surface area contributed by atoms with E-state index < -0.39 is 12.5 Å². The number of benzene rings is 1. The minimum atomic E-state index is -1.07. The smallest absolute Gasteiger partial charge is 0.323 e. The second-order valence-corrected chi connectivity index (χ2v) is 10.0. The molecule has 7 heteroatoms. The molecule has 150 valence electrons. The van der Waals surface area contributed by atoms with Gasteiger partial charge in [-0.3, -0.25) is 14.5 Å². The Hall–Kier alpha value is -1.86. The van der Waals surface area contributed by atoms with Gasteiger partial charge in [0.15, 0.2) is 0 Å². The highest BCUT2D eigenvalue weighted by atomic mass is 32.2. The summed E-state index contributed by atoms with van der Waals surface area (Å²) >= 11 is 6.33. The summed E-state index contributed by atoms with van der Waals surface area (Å²) in [7, 11) is 0. The molecule has 1 N–H and O–H groups in total. The number of carboxylic acids is 1. The average molecular weight is 419 g/mol. The molecule has 1 fully saturated rings. The first-order valence-corrected chi connectivity index (χ1v) is 10.6. The molecule has 0 bridgehead atoms. The van der Waals surface area contributed by atoms with Crippen LogP contribution in [0.15, 0.2) is 23.1 Å². The van der Waals surface area contributed by atoms with Crippen LogP contribution < -0.4 is 4.90 Å². The summed E-state index contributed by atoms with van der Waals surface area (Å²) in [5.74, 6) is -1.00. The van der Waals surface area contributed by atoms with E-state index in [1.165, 1.54) is 11.3 Å². The summed E-state index contributed by atoms with van der Waals surface area (Å²) in [6.07, 6.45) is 2.87. The molecule has 0 saturated carbocycles. The number of fused-ring (bicyclic) bond motifs is 1. The molecule has 1 atom stereocenters. The maximum atomic E-state index is 12.5. The van der Waals surface area contributed by atoms with E-state index in [0.717, 1.165) is 28.6 Å². The maximum absolute atomic E-state index is 12.5. The Bertz CT molecular complexity index is 876. The fraction of sp³-hybridized carbons (Fsp3) is 0.476. The van der Waals surface area contributed by atoms with Gasteiger partial charge in [0.25, 0.3) is 5.91 Å². The van der Waals surface area contributed by atoms with Crippen molar-refractivity contribution in [1.82, 2.24) is 4.90 Å². The highest BCUT2D eigenvalue weighted by molar-refractivity contribution is 8.26. The first-order valence-electron chi connectivity index (χ1n) is 9.41. The number of nitrogens with zero attached hydrogens (tertiary/aromatic N) is 2. The van der Waals surface area contributed by atoms with E-state index in [-0.39, 0.29) is 15.8 Å². The minimum absolute atomic E-state index is 0.0847. The molecule has 1 saturated heterocycles. The molecule has 5 nitrogen and oxygen atoms in total. The Labute approximate surface area is 175 Å². The Kier molecular flexibility index (Phi) is 5.60. The van der Waals surface area contributed by atoms with Gasteiger partial charge in [0.1, 0.15) is 10.9 Å². The Balaban J connectivity index is 1.96. The largest absolute Gasteiger partial charge is 0.480 e.